The van der Waals surface area contributed by atoms with E-state index in [4.69, 9.17) is 27.9 Å². The molecule has 6 heteroatoms. The van der Waals surface area contributed by atoms with Gasteiger partial charge in [-0.25, -0.2) is 0 Å². The molecule has 2 atom stereocenters. The monoisotopic (exact) mass is 395 g/mol. The van der Waals surface area contributed by atoms with Crippen molar-refractivity contribution < 1.29 is 14.6 Å². The second-order valence-electron chi connectivity index (χ2n) is 7.05. The minimum atomic E-state index is -1.52. The number of hydrogen-bond acceptors (Lipinski definition) is 4. The van der Waals surface area contributed by atoms with Gasteiger partial charge < -0.3 is 14.7 Å². The van der Waals surface area contributed by atoms with Crippen LogP contribution in [0.2, 0.25) is 0 Å². The molecule has 0 amide bonds. The Hall–Kier alpha value is -1.65. The third-order valence-corrected chi connectivity index (χ3v) is 6.43. The fraction of sp³-hybridized carbons (Fsp3) is 0.450. The number of allylic oxidation sites excluding steroid dienone is 1. The van der Waals surface area contributed by atoms with E-state index in [9.17, 15) is 9.90 Å². The molecule has 0 fully saturated rings. The lowest BCUT2D eigenvalue weighted by molar-refractivity contribution is 0.0213. The average molecular weight is 396 g/mol. The predicted molar refractivity (Wildman–Crippen MR) is 104 cm³/mol. The highest BCUT2D eigenvalue weighted by Gasteiger charge is 2.59. The summed E-state index contributed by atoms with van der Waals surface area (Å²) in [6.07, 6.45) is 3.68. The number of Topliss-reactive ketones (excluding diaryl/α,β-unsaturated/α-hetero) is 1. The van der Waals surface area contributed by atoms with E-state index in [2.05, 4.69) is 20.4 Å². The lowest BCUT2D eigenvalue weighted by Gasteiger charge is -2.32. The van der Waals surface area contributed by atoms with Crippen molar-refractivity contribution in [3.05, 3.63) is 45.6 Å². The third kappa shape index (κ3) is 2.62. The van der Waals surface area contributed by atoms with E-state index in [0.717, 1.165) is 19.3 Å². The minimum Gasteiger partial charge on any atom is -0.508 e. The maximum absolute atomic E-state index is 13.2. The van der Waals surface area contributed by atoms with E-state index in [0.29, 0.717) is 34.9 Å². The SMILES string of the molecule is C=C1C(Cl)=C(Cl)C2(Oc3c(ccc(O)c3CCCC(C)CC)C2=O)N1C. The summed E-state index contributed by atoms with van der Waals surface area (Å²) in [5.74, 6) is 0.843. The molecule has 1 spiro atoms. The van der Waals surface area contributed by atoms with Crippen LogP contribution in [0.3, 0.4) is 0 Å². The molecule has 26 heavy (non-hydrogen) atoms. The number of hydrogen-bond donors (Lipinski definition) is 1. The van der Waals surface area contributed by atoms with Crippen LogP contribution in [0.25, 0.3) is 0 Å². The predicted octanol–water partition coefficient (Wildman–Crippen LogP) is 5.18. The minimum absolute atomic E-state index is 0.109. The average Bonchev–Trinajstić information content (AvgIpc) is 3.01. The van der Waals surface area contributed by atoms with Crippen LogP contribution < -0.4 is 4.74 Å². The summed E-state index contributed by atoms with van der Waals surface area (Å²) in [4.78, 5) is 14.7. The number of likely N-dealkylation sites (N-methyl/N-ethyl adjacent to an activating group) is 1. The fourth-order valence-corrected chi connectivity index (χ4v) is 4.10. The van der Waals surface area contributed by atoms with Gasteiger partial charge in [-0.15, -0.1) is 0 Å². The molecule has 2 unspecified atom stereocenters. The Kier molecular flexibility index (Phi) is 5.02. The first-order valence-electron chi connectivity index (χ1n) is 8.83. The van der Waals surface area contributed by atoms with Crippen LogP contribution in [0, 0.1) is 5.92 Å². The summed E-state index contributed by atoms with van der Waals surface area (Å²) >= 11 is 12.6. The zero-order valence-electron chi connectivity index (χ0n) is 15.2. The number of carbonyl (C=O) groups is 1. The number of phenols is 1. The van der Waals surface area contributed by atoms with Crippen LogP contribution in [0.4, 0.5) is 0 Å². The fourth-order valence-electron chi connectivity index (χ4n) is 3.49. The number of fused-ring (bicyclic) bond motifs is 1. The van der Waals surface area contributed by atoms with Gasteiger partial charge in [-0.1, -0.05) is 56.5 Å². The largest absolute Gasteiger partial charge is 0.508 e. The van der Waals surface area contributed by atoms with Gasteiger partial charge >= 0.3 is 0 Å². The topological polar surface area (TPSA) is 49.8 Å². The van der Waals surface area contributed by atoms with E-state index in [1.54, 1.807) is 24.1 Å². The molecular formula is C20H23Cl2NO3. The molecule has 1 N–H and O–H groups in total. The standard InChI is InChI=1S/C20H23Cl2NO3/c1-5-11(2)7-6-8-13-15(24)10-9-14-17(13)26-20(19(14)25)18(22)16(21)12(3)23(20)4/h9-11,24H,3,5-8H2,1-2,4H3. The van der Waals surface area contributed by atoms with Crippen LogP contribution in [-0.4, -0.2) is 28.6 Å². The number of rotatable bonds is 5. The van der Waals surface area contributed by atoms with E-state index in [1.165, 1.54) is 0 Å². The Morgan fingerprint density at radius 1 is 1.38 bits per heavy atom. The molecule has 0 bridgehead atoms. The first-order chi connectivity index (χ1) is 12.3. The van der Waals surface area contributed by atoms with E-state index in [1.807, 2.05) is 0 Å². The van der Waals surface area contributed by atoms with Crippen LogP contribution >= 0.6 is 23.2 Å². The van der Waals surface area contributed by atoms with Crippen molar-refractivity contribution in [3.8, 4) is 11.5 Å². The van der Waals surface area contributed by atoms with Gasteiger partial charge in [0, 0.05) is 12.6 Å². The lowest BCUT2D eigenvalue weighted by atomic mass is 9.96. The second-order valence-corrected chi connectivity index (χ2v) is 7.81. The first-order valence-corrected chi connectivity index (χ1v) is 9.58. The number of carbonyl (C=O) groups excluding carboxylic acids is 1. The molecule has 2 aliphatic rings. The van der Waals surface area contributed by atoms with E-state index >= 15 is 0 Å². The van der Waals surface area contributed by atoms with Crippen molar-refractivity contribution >= 4 is 29.0 Å². The zero-order chi connectivity index (χ0) is 19.2. The quantitative estimate of drug-likeness (QED) is 0.745. The molecule has 1 aromatic carbocycles. The zero-order valence-corrected chi connectivity index (χ0v) is 16.7. The Balaban J connectivity index is 1.98. The number of ketones is 1. The normalized spacial score (nSPS) is 23.0. The van der Waals surface area contributed by atoms with Crippen LogP contribution in [0.5, 0.6) is 11.5 Å². The summed E-state index contributed by atoms with van der Waals surface area (Å²) in [6, 6.07) is 3.12. The summed E-state index contributed by atoms with van der Waals surface area (Å²) in [6.45, 7) is 8.24. The third-order valence-electron chi connectivity index (χ3n) is 5.48. The summed E-state index contributed by atoms with van der Waals surface area (Å²) in [5.41, 5.74) is -0.0366. The van der Waals surface area contributed by atoms with Crippen molar-refractivity contribution in [3.63, 3.8) is 0 Å². The molecular weight excluding hydrogens is 373 g/mol. The van der Waals surface area contributed by atoms with Crippen molar-refractivity contribution in [2.75, 3.05) is 7.05 Å². The molecule has 0 saturated carbocycles. The van der Waals surface area contributed by atoms with Crippen molar-refractivity contribution in [2.45, 2.75) is 45.3 Å². The number of ether oxygens (including phenoxy) is 1. The summed E-state index contributed by atoms with van der Waals surface area (Å²) < 4.78 is 6.11. The highest BCUT2D eigenvalue weighted by Crippen LogP contribution is 2.52. The Morgan fingerprint density at radius 3 is 2.65 bits per heavy atom. The molecule has 2 heterocycles. The Bertz CT molecular complexity index is 818. The Morgan fingerprint density at radius 2 is 2.08 bits per heavy atom. The van der Waals surface area contributed by atoms with Crippen LogP contribution in [0.1, 0.15) is 49.0 Å². The number of aromatic hydroxyl groups is 1. The van der Waals surface area contributed by atoms with Gasteiger partial charge in [-0.05, 0) is 30.9 Å². The van der Waals surface area contributed by atoms with Gasteiger partial charge in [-0.3, -0.25) is 4.79 Å². The number of halogens is 2. The van der Waals surface area contributed by atoms with Crippen LogP contribution in [-0.2, 0) is 6.42 Å². The summed E-state index contributed by atoms with van der Waals surface area (Å²) in [5, 5.41) is 10.7. The maximum atomic E-state index is 13.2. The Labute approximate surface area is 164 Å². The summed E-state index contributed by atoms with van der Waals surface area (Å²) in [7, 11) is 1.67. The molecule has 3 rings (SSSR count). The molecule has 0 radical (unpaired) electrons. The van der Waals surface area contributed by atoms with Crippen molar-refractivity contribution in [2.24, 2.45) is 5.92 Å². The van der Waals surface area contributed by atoms with Gasteiger partial charge in [-0.2, -0.15) is 0 Å². The lowest BCUT2D eigenvalue weighted by Crippen LogP contribution is -2.51. The van der Waals surface area contributed by atoms with Gasteiger partial charge in [0.2, 0.25) is 5.78 Å². The second kappa shape index (κ2) is 6.82. The molecule has 1 aromatic rings. The molecule has 4 nitrogen and oxygen atoms in total. The smallest absolute Gasteiger partial charge is 0.285 e. The number of phenolic OH excluding ortho intramolecular Hbond substituents is 1. The van der Waals surface area contributed by atoms with Gasteiger partial charge in [0.1, 0.15) is 16.5 Å². The van der Waals surface area contributed by atoms with Crippen molar-refractivity contribution in [1.29, 1.82) is 0 Å². The molecule has 2 aliphatic heterocycles. The number of benzene rings is 1. The molecule has 0 aliphatic carbocycles. The van der Waals surface area contributed by atoms with Gasteiger partial charge in [0.05, 0.1) is 16.3 Å². The highest BCUT2D eigenvalue weighted by atomic mass is 35.5. The molecule has 0 saturated heterocycles. The van der Waals surface area contributed by atoms with Gasteiger partial charge in [0.25, 0.3) is 5.72 Å². The van der Waals surface area contributed by atoms with Crippen molar-refractivity contribution in [1.82, 2.24) is 4.90 Å². The van der Waals surface area contributed by atoms with E-state index in [-0.39, 0.29) is 21.6 Å². The molecule has 0 aromatic heterocycles. The van der Waals surface area contributed by atoms with Crippen LogP contribution in [0.15, 0.2) is 34.5 Å². The molecule has 140 valence electrons. The highest BCUT2D eigenvalue weighted by molar-refractivity contribution is 6.44. The van der Waals surface area contributed by atoms with E-state index < -0.39 is 5.72 Å². The maximum Gasteiger partial charge on any atom is 0.285 e. The van der Waals surface area contributed by atoms with Gasteiger partial charge in [0.15, 0.2) is 0 Å². The first kappa shape index (κ1) is 19.1. The number of nitrogens with zero attached hydrogens (tertiary/aromatic N) is 1.